The Morgan fingerprint density at radius 1 is 1.19 bits per heavy atom. The van der Waals surface area contributed by atoms with Crippen LogP contribution in [-0.4, -0.2) is 30.6 Å². The van der Waals surface area contributed by atoms with E-state index >= 15 is 0 Å². The largest absolute Gasteiger partial charge is 0.506 e. The Bertz CT molecular complexity index is 863. The van der Waals surface area contributed by atoms with Gasteiger partial charge in [-0.05, 0) is 49.2 Å². The quantitative estimate of drug-likeness (QED) is 0.828. The summed E-state index contributed by atoms with van der Waals surface area (Å²) in [5, 5.41) is 12.6. The average Bonchev–Trinajstić information content (AvgIpc) is 3.00. The number of benzene rings is 2. The van der Waals surface area contributed by atoms with Gasteiger partial charge >= 0.3 is 0 Å². The number of methoxy groups -OCH3 is 1. The molecule has 1 atom stereocenters. The minimum atomic E-state index is -0.493. The predicted octanol–water partition coefficient (Wildman–Crippen LogP) is 3.01. The smallest absolute Gasteiger partial charge is 0.229 e. The minimum Gasteiger partial charge on any atom is -0.506 e. The Balaban J connectivity index is 1.78. The number of amides is 2. The molecular formula is C20H22N2O4. The topological polar surface area (TPSA) is 78.9 Å². The molecular weight excluding hydrogens is 332 g/mol. The highest BCUT2D eigenvalue weighted by molar-refractivity contribution is 6.04. The van der Waals surface area contributed by atoms with Crippen LogP contribution in [0.25, 0.3) is 0 Å². The van der Waals surface area contributed by atoms with Gasteiger partial charge in [-0.2, -0.15) is 0 Å². The lowest BCUT2D eigenvalue weighted by Gasteiger charge is -2.20. The second-order valence-corrected chi connectivity index (χ2v) is 6.59. The lowest BCUT2D eigenvalue weighted by Crippen LogP contribution is -2.28. The van der Waals surface area contributed by atoms with E-state index in [0.717, 1.165) is 11.1 Å². The van der Waals surface area contributed by atoms with Gasteiger partial charge < -0.3 is 20.1 Å². The van der Waals surface area contributed by atoms with E-state index in [9.17, 15) is 14.7 Å². The van der Waals surface area contributed by atoms with E-state index in [2.05, 4.69) is 5.32 Å². The second-order valence-electron chi connectivity index (χ2n) is 6.59. The number of hydrogen-bond donors (Lipinski definition) is 2. The van der Waals surface area contributed by atoms with Crippen molar-refractivity contribution in [3.05, 3.63) is 47.5 Å². The number of hydrogen-bond acceptors (Lipinski definition) is 4. The Morgan fingerprint density at radius 2 is 1.88 bits per heavy atom. The summed E-state index contributed by atoms with van der Waals surface area (Å²) >= 11 is 0. The first-order valence-electron chi connectivity index (χ1n) is 8.44. The van der Waals surface area contributed by atoms with Crippen molar-refractivity contribution in [2.75, 3.05) is 23.9 Å². The van der Waals surface area contributed by atoms with E-state index in [1.165, 1.54) is 6.07 Å². The third-order valence-electron chi connectivity index (χ3n) is 4.53. The standard InChI is InChI=1S/C20H22N2O4/c1-12-4-6-17(23)15(8-12)21-20(25)14-10-19(24)22(11-14)16-9-13(2)5-7-18(16)26-3/h4-9,14,23H,10-11H2,1-3H3,(H,21,25). The number of anilines is 2. The molecule has 6 heteroatoms. The number of phenols is 1. The number of aryl methyl sites for hydroxylation is 2. The van der Waals surface area contributed by atoms with Gasteiger partial charge in [-0.15, -0.1) is 0 Å². The van der Waals surface area contributed by atoms with Crippen molar-refractivity contribution in [2.45, 2.75) is 20.3 Å². The summed E-state index contributed by atoms with van der Waals surface area (Å²) in [5.74, 6) is -0.296. The van der Waals surface area contributed by atoms with E-state index in [0.29, 0.717) is 17.1 Å². The average molecular weight is 354 g/mol. The molecule has 136 valence electrons. The van der Waals surface area contributed by atoms with Crippen LogP contribution in [0.3, 0.4) is 0 Å². The Labute approximate surface area is 152 Å². The molecule has 3 rings (SSSR count). The Kier molecular flexibility index (Phi) is 4.84. The molecule has 1 aliphatic heterocycles. The third-order valence-corrected chi connectivity index (χ3v) is 4.53. The maximum absolute atomic E-state index is 12.6. The van der Waals surface area contributed by atoms with Gasteiger partial charge in [0.2, 0.25) is 11.8 Å². The molecule has 0 aliphatic carbocycles. The summed E-state index contributed by atoms with van der Waals surface area (Å²) in [7, 11) is 1.55. The van der Waals surface area contributed by atoms with Crippen molar-refractivity contribution in [1.82, 2.24) is 0 Å². The van der Waals surface area contributed by atoms with Gasteiger partial charge in [0.1, 0.15) is 11.5 Å². The molecule has 6 nitrogen and oxygen atoms in total. The van der Waals surface area contributed by atoms with Gasteiger partial charge in [0.25, 0.3) is 0 Å². The molecule has 1 fully saturated rings. The van der Waals surface area contributed by atoms with Crippen LogP contribution in [0.1, 0.15) is 17.5 Å². The third kappa shape index (κ3) is 3.49. The summed E-state index contributed by atoms with van der Waals surface area (Å²) in [5.41, 5.74) is 2.96. The fourth-order valence-corrected chi connectivity index (χ4v) is 3.11. The van der Waals surface area contributed by atoms with Crippen LogP contribution >= 0.6 is 0 Å². The fraction of sp³-hybridized carbons (Fsp3) is 0.300. The maximum atomic E-state index is 12.6. The Morgan fingerprint density at radius 3 is 2.62 bits per heavy atom. The van der Waals surface area contributed by atoms with Gasteiger partial charge in [-0.25, -0.2) is 0 Å². The van der Waals surface area contributed by atoms with Crippen molar-refractivity contribution < 1.29 is 19.4 Å². The number of nitrogens with one attached hydrogen (secondary N) is 1. The molecule has 2 aromatic rings. The number of aromatic hydroxyl groups is 1. The van der Waals surface area contributed by atoms with Crippen molar-refractivity contribution in [3.63, 3.8) is 0 Å². The molecule has 0 radical (unpaired) electrons. The van der Waals surface area contributed by atoms with Crippen LogP contribution in [0.4, 0.5) is 11.4 Å². The molecule has 1 heterocycles. The molecule has 0 aromatic heterocycles. The van der Waals surface area contributed by atoms with E-state index in [4.69, 9.17) is 4.74 Å². The highest BCUT2D eigenvalue weighted by atomic mass is 16.5. The van der Waals surface area contributed by atoms with Crippen LogP contribution in [0.2, 0.25) is 0 Å². The SMILES string of the molecule is COc1ccc(C)cc1N1CC(C(=O)Nc2cc(C)ccc2O)CC1=O. The highest BCUT2D eigenvalue weighted by Gasteiger charge is 2.36. The van der Waals surface area contributed by atoms with Gasteiger partial charge in [-0.1, -0.05) is 12.1 Å². The summed E-state index contributed by atoms with van der Waals surface area (Å²) in [6.07, 6.45) is 0.121. The monoisotopic (exact) mass is 354 g/mol. The lowest BCUT2D eigenvalue weighted by atomic mass is 10.1. The second kappa shape index (κ2) is 7.07. The molecule has 0 spiro atoms. The Hall–Kier alpha value is -3.02. The van der Waals surface area contributed by atoms with Gasteiger partial charge in [0.15, 0.2) is 0 Å². The summed E-state index contributed by atoms with van der Waals surface area (Å²) in [6.45, 7) is 4.09. The van der Waals surface area contributed by atoms with Crippen LogP contribution < -0.4 is 15.0 Å². The number of rotatable bonds is 4. The lowest BCUT2D eigenvalue weighted by molar-refractivity contribution is -0.122. The molecule has 2 N–H and O–H groups in total. The first-order chi connectivity index (χ1) is 12.4. The van der Waals surface area contributed by atoms with Gasteiger partial charge in [-0.3, -0.25) is 9.59 Å². The number of carbonyl (C=O) groups excluding carboxylic acids is 2. The van der Waals surface area contributed by atoms with Crippen LogP contribution in [0, 0.1) is 19.8 Å². The van der Waals surface area contributed by atoms with Crippen LogP contribution in [-0.2, 0) is 9.59 Å². The molecule has 1 saturated heterocycles. The summed E-state index contributed by atoms with van der Waals surface area (Å²) in [6, 6.07) is 10.6. The van der Waals surface area contributed by atoms with Gasteiger partial charge in [0, 0.05) is 13.0 Å². The maximum Gasteiger partial charge on any atom is 0.229 e. The van der Waals surface area contributed by atoms with Crippen molar-refractivity contribution >= 4 is 23.2 Å². The molecule has 1 aliphatic rings. The first-order valence-corrected chi connectivity index (χ1v) is 8.44. The minimum absolute atomic E-state index is 0.00508. The molecule has 1 unspecified atom stereocenters. The van der Waals surface area contributed by atoms with Crippen molar-refractivity contribution in [1.29, 1.82) is 0 Å². The molecule has 2 aromatic carbocycles. The van der Waals surface area contributed by atoms with Crippen LogP contribution in [0.5, 0.6) is 11.5 Å². The zero-order valence-electron chi connectivity index (χ0n) is 15.1. The number of nitrogens with zero attached hydrogens (tertiary/aromatic N) is 1. The van der Waals surface area contributed by atoms with Crippen LogP contribution in [0.15, 0.2) is 36.4 Å². The predicted molar refractivity (Wildman–Crippen MR) is 99.7 cm³/mol. The van der Waals surface area contributed by atoms with E-state index in [1.54, 1.807) is 24.1 Å². The van der Waals surface area contributed by atoms with E-state index in [-0.39, 0.29) is 30.5 Å². The van der Waals surface area contributed by atoms with E-state index in [1.807, 2.05) is 32.0 Å². The number of phenolic OH excluding ortho intramolecular Hbond substituents is 1. The van der Waals surface area contributed by atoms with E-state index < -0.39 is 5.92 Å². The highest BCUT2D eigenvalue weighted by Crippen LogP contribution is 2.34. The summed E-state index contributed by atoms with van der Waals surface area (Å²) < 4.78 is 5.35. The number of ether oxygens (including phenoxy) is 1. The zero-order chi connectivity index (χ0) is 18.8. The van der Waals surface area contributed by atoms with Crippen molar-refractivity contribution in [3.8, 4) is 11.5 Å². The van der Waals surface area contributed by atoms with Crippen molar-refractivity contribution in [2.24, 2.45) is 5.92 Å². The number of carbonyl (C=O) groups is 2. The molecule has 0 saturated carbocycles. The first kappa shape index (κ1) is 17.8. The molecule has 2 amide bonds. The molecule has 0 bridgehead atoms. The molecule has 26 heavy (non-hydrogen) atoms. The summed E-state index contributed by atoms with van der Waals surface area (Å²) in [4.78, 5) is 26.7. The fourth-order valence-electron chi connectivity index (χ4n) is 3.11. The van der Waals surface area contributed by atoms with Gasteiger partial charge in [0.05, 0.1) is 24.4 Å². The normalized spacial score (nSPS) is 16.7. The zero-order valence-corrected chi connectivity index (χ0v) is 15.1.